The number of rotatable bonds is 5. The summed E-state index contributed by atoms with van der Waals surface area (Å²) in [7, 11) is 2.13. The van der Waals surface area contributed by atoms with Crippen LogP contribution in [-0.2, 0) is 13.5 Å². The maximum Gasteiger partial charge on any atom is 0.0483 e. The minimum Gasteiger partial charge on any atom is -0.348 e. The summed E-state index contributed by atoms with van der Waals surface area (Å²) in [5, 5.41) is 1.30. The molecule has 1 aromatic heterocycles. The number of aromatic nitrogens is 1. The maximum atomic E-state index is 6.62. The second kappa shape index (κ2) is 6.59. The van der Waals surface area contributed by atoms with Crippen LogP contribution >= 0.6 is 0 Å². The van der Waals surface area contributed by atoms with Crippen LogP contribution in [0.1, 0.15) is 36.2 Å². The van der Waals surface area contributed by atoms with Crippen molar-refractivity contribution < 1.29 is 0 Å². The van der Waals surface area contributed by atoms with Crippen LogP contribution in [0.15, 0.2) is 54.6 Å². The van der Waals surface area contributed by atoms with E-state index in [1.807, 2.05) is 0 Å². The summed E-state index contributed by atoms with van der Waals surface area (Å²) in [6, 6.07) is 19.3. The van der Waals surface area contributed by atoms with Gasteiger partial charge in [-0.1, -0.05) is 55.5 Å². The summed E-state index contributed by atoms with van der Waals surface area (Å²) in [6.45, 7) is 4.48. The monoisotopic (exact) mass is 306 g/mol. The highest BCUT2D eigenvalue weighted by Crippen LogP contribution is 2.32. The van der Waals surface area contributed by atoms with E-state index in [0.29, 0.717) is 5.92 Å². The Morgan fingerprint density at radius 1 is 1.00 bits per heavy atom. The lowest BCUT2D eigenvalue weighted by Crippen LogP contribution is -2.16. The molecule has 0 aliphatic carbocycles. The topological polar surface area (TPSA) is 30.9 Å². The molecule has 120 valence electrons. The Kier molecular flexibility index (Phi) is 4.53. The predicted octanol–water partition coefficient (Wildman–Crippen LogP) is 4.76. The fourth-order valence-corrected chi connectivity index (χ4v) is 3.67. The van der Waals surface area contributed by atoms with Crippen LogP contribution < -0.4 is 5.73 Å². The quantitative estimate of drug-likeness (QED) is 0.724. The molecule has 0 spiro atoms. The lowest BCUT2D eigenvalue weighted by Gasteiger charge is -2.18. The lowest BCUT2D eigenvalue weighted by atomic mass is 9.90. The van der Waals surface area contributed by atoms with Gasteiger partial charge >= 0.3 is 0 Å². The van der Waals surface area contributed by atoms with E-state index >= 15 is 0 Å². The van der Waals surface area contributed by atoms with Gasteiger partial charge in [0, 0.05) is 29.7 Å². The van der Waals surface area contributed by atoms with Gasteiger partial charge in [0.2, 0.25) is 0 Å². The second-order valence-corrected chi connectivity index (χ2v) is 6.71. The molecule has 2 N–H and O–H groups in total. The first-order chi connectivity index (χ1) is 11.1. The first-order valence-electron chi connectivity index (χ1n) is 8.41. The van der Waals surface area contributed by atoms with Crippen molar-refractivity contribution >= 4 is 10.9 Å². The lowest BCUT2D eigenvalue weighted by molar-refractivity contribution is 0.471. The SMILES string of the molecule is Cc1c(C(N)CC(C)Cc2ccccc2)c2ccccc2n1C. The Labute approximate surface area is 138 Å². The van der Waals surface area contributed by atoms with Gasteiger partial charge in [-0.15, -0.1) is 0 Å². The summed E-state index contributed by atoms with van der Waals surface area (Å²) in [5.74, 6) is 0.561. The van der Waals surface area contributed by atoms with Crippen LogP contribution in [-0.4, -0.2) is 4.57 Å². The molecule has 2 nitrogen and oxygen atoms in total. The minimum absolute atomic E-state index is 0.0832. The van der Waals surface area contributed by atoms with Gasteiger partial charge in [-0.2, -0.15) is 0 Å². The Balaban J connectivity index is 1.81. The molecule has 0 saturated heterocycles. The number of nitrogens with zero attached hydrogens (tertiary/aromatic N) is 1. The van der Waals surface area contributed by atoms with Crippen LogP contribution in [0.3, 0.4) is 0 Å². The van der Waals surface area contributed by atoms with Gasteiger partial charge in [-0.3, -0.25) is 0 Å². The van der Waals surface area contributed by atoms with E-state index in [0.717, 1.165) is 12.8 Å². The number of nitrogens with two attached hydrogens (primary N) is 1. The largest absolute Gasteiger partial charge is 0.348 e. The molecule has 0 bridgehead atoms. The summed E-state index contributed by atoms with van der Waals surface area (Å²) < 4.78 is 2.26. The molecule has 0 amide bonds. The van der Waals surface area contributed by atoms with Crippen molar-refractivity contribution in [1.82, 2.24) is 4.57 Å². The van der Waals surface area contributed by atoms with Gasteiger partial charge in [-0.25, -0.2) is 0 Å². The fourth-order valence-electron chi connectivity index (χ4n) is 3.67. The molecule has 1 heterocycles. The van der Waals surface area contributed by atoms with E-state index in [-0.39, 0.29) is 6.04 Å². The molecule has 0 radical (unpaired) electrons. The van der Waals surface area contributed by atoms with Gasteiger partial charge < -0.3 is 10.3 Å². The zero-order valence-corrected chi connectivity index (χ0v) is 14.3. The van der Waals surface area contributed by atoms with E-state index in [1.165, 1.54) is 27.7 Å². The van der Waals surface area contributed by atoms with Crippen LogP contribution in [0.5, 0.6) is 0 Å². The van der Waals surface area contributed by atoms with Crippen LogP contribution in [0.2, 0.25) is 0 Å². The van der Waals surface area contributed by atoms with Gasteiger partial charge in [0.05, 0.1) is 0 Å². The summed E-state index contributed by atoms with van der Waals surface area (Å²) in [6.07, 6.45) is 2.09. The highest BCUT2D eigenvalue weighted by Gasteiger charge is 2.19. The van der Waals surface area contributed by atoms with Crippen molar-refractivity contribution in [3.63, 3.8) is 0 Å². The Morgan fingerprint density at radius 3 is 2.39 bits per heavy atom. The number of para-hydroxylation sites is 1. The third kappa shape index (κ3) is 3.18. The third-order valence-electron chi connectivity index (χ3n) is 4.90. The van der Waals surface area contributed by atoms with Crippen molar-refractivity contribution in [2.75, 3.05) is 0 Å². The minimum atomic E-state index is 0.0832. The molecule has 0 saturated carbocycles. The first-order valence-corrected chi connectivity index (χ1v) is 8.41. The number of hydrogen-bond donors (Lipinski definition) is 1. The van der Waals surface area contributed by atoms with Crippen LogP contribution in [0, 0.1) is 12.8 Å². The zero-order valence-electron chi connectivity index (χ0n) is 14.3. The van der Waals surface area contributed by atoms with Gasteiger partial charge in [0.1, 0.15) is 0 Å². The van der Waals surface area contributed by atoms with E-state index in [9.17, 15) is 0 Å². The average molecular weight is 306 g/mol. The Morgan fingerprint density at radius 2 is 1.65 bits per heavy atom. The van der Waals surface area contributed by atoms with E-state index in [2.05, 4.69) is 80.1 Å². The highest BCUT2D eigenvalue weighted by atomic mass is 14.9. The summed E-state index contributed by atoms with van der Waals surface area (Å²) in [5.41, 5.74) is 11.9. The van der Waals surface area contributed by atoms with Crippen molar-refractivity contribution in [2.24, 2.45) is 18.7 Å². The molecular formula is C21H26N2. The molecule has 2 heteroatoms. The van der Waals surface area contributed by atoms with Crippen molar-refractivity contribution in [1.29, 1.82) is 0 Å². The third-order valence-corrected chi connectivity index (χ3v) is 4.90. The molecular weight excluding hydrogens is 280 g/mol. The number of hydrogen-bond acceptors (Lipinski definition) is 1. The fraction of sp³-hybridized carbons (Fsp3) is 0.333. The first kappa shape index (κ1) is 15.8. The molecule has 0 fully saturated rings. The van der Waals surface area contributed by atoms with Gasteiger partial charge in [0.15, 0.2) is 0 Å². The van der Waals surface area contributed by atoms with Gasteiger partial charge in [-0.05, 0) is 42.9 Å². The van der Waals surface area contributed by atoms with Crippen LogP contribution in [0.25, 0.3) is 10.9 Å². The zero-order chi connectivity index (χ0) is 16.4. The summed E-state index contributed by atoms with van der Waals surface area (Å²) in [4.78, 5) is 0. The molecule has 0 aliphatic rings. The molecule has 23 heavy (non-hydrogen) atoms. The molecule has 2 atom stereocenters. The highest BCUT2D eigenvalue weighted by molar-refractivity contribution is 5.85. The number of fused-ring (bicyclic) bond motifs is 1. The van der Waals surface area contributed by atoms with E-state index in [4.69, 9.17) is 5.73 Å². The number of benzene rings is 2. The summed E-state index contributed by atoms with van der Waals surface area (Å²) >= 11 is 0. The standard InChI is InChI=1S/C21H26N2/c1-15(13-17-9-5-4-6-10-17)14-19(22)21-16(2)23(3)20-12-8-7-11-18(20)21/h4-12,15,19H,13-14,22H2,1-3H3. The average Bonchev–Trinajstić information content (AvgIpc) is 2.80. The molecule has 0 aliphatic heterocycles. The smallest absolute Gasteiger partial charge is 0.0483 e. The Bertz CT molecular complexity index is 786. The van der Waals surface area contributed by atoms with Crippen molar-refractivity contribution in [3.8, 4) is 0 Å². The predicted molar refractivity (Wildman–Crippen MR) is 98.5 cm³/mol. The van der Waals surface area contributed by atoms with Crippen molar-refractivity contribution in [2.45, 2.75) is 32.7 Å². The van der Waals surface area contributed by atoms with E-state index < -0.39 is 0 Å². The molecule has 2 aromatic carbocycles. The maximum absolute atomic E-state index is 6.62. The normalized spacial score (nSPS) is 14.1. The molecule has 3 rings (SSSR count). The second-order valence-electron chi connectivity index (χ2n) is 6.71. The number of aryl methyl sites for hydroxylation is 1. The Hall–Kier alpha value is -2.06. The molecule has 2 unspecified atom stereocenters. The van der Waals surface area contributed by atoms with Crippen LogP contribution in [0.4, 0.5) is 0 Å². The van der Waals surface area contributed by atoms with E-state index in [1.54, 1.807) is 0 Å². The van der Waals surface area contributed by atoms with Crippen molar-refractivity contribution in [3.05, 3.63) is 71.4 Å². The van der Waals surface area contributed by atoms with Gasteiger partial charge in [0.25, 0.3) is 0 Å². The molecule has 3 aromatic rings.